The summed E-state index contributed by atoms with van der Waals surface area (Å²) in [6.45, 7) is 6.73. The van der Waals surface area contributed by atoms with Gasteiger partial charge < -0.3 is 20.3 Å². The number of carboxylic acids is 1. The Balaban J connectivity index is 1.97. The van der Waals surface area contributed by atoms with Crippen LogP contribution < -0.4 is 16.1 Å². The van der Waals surface area contributed by atoms with Gasteiger partial charge in [0.1, 0.15) is 17.6 Å². The van der Waals surface area contributed by atoms with E-state index in [1.54, 1.807) is 6.92 Å². The molecule has 0 spiro atoms. The number of alkyl halides is 1. The van der Waals surface area contributed by atoms with Gasteiger partial charge in [0.05, 0.1) is 17.2 Å². The monoisotopic (exact) mass is 405 g/mol. The summed E-state index contributed by atoms with van der Waals surface area (Å²) < 4.78 is 30.6. The minimum atomic E-state index is -1.41. The number of nitrogens with two attached hydrogens (primary N) is 1. The average Bonchev–Trinajstić information content (AvgIpc) is 3.27. The number of anilines is 1. The highest BCUT2D eigenvalue weighted by molar-refractivity contribution is 5.95. The Kier molecular flexibility index (Phi) is 4.45. The zero-order valence-corrected chi connectivity index (χ0v) is 16.7. The first-order valence-electron chi connectivity index (χ1n) is 9.86. The molecule has 1 saturated heterocycles. The molecule has 3 N–H and O–H groups in total. The Morgan fingerprint density at radius 2 is 2.10 bits per heavy atom. The largest absolute Gasteiger partial charge is 0.477 e. The number of hydrogen-bond donors (Lipinski definition) is 2. The van der Waals surface area contributed by atoms with E-state index in [1.165, 1.54) is 10.8 Å². The Hall–Kier alpha value is -2.48. The zero-order valence-electron chi connectivity index (χ0n) is 16.7. The SMILES string of the molecule is CCC1CN(c2c(F)cc3c(=O)c(C(=O)O)cn([C@@H]4C[C@@H]4F)c3c2C)CC1(C)N. The van der Waals surface area contributed by atoms with Gasteiger partial charge in [-0.3, -0.25) is 4.79 Å². The van der Waals surface area contributed by atoms with Crippen molar-refractivity contribution in [2.24, 2.45) is 11.7 Å². The Bertz CT molecular complexity index is 1080. The van der Waals surface area contributed by atoms with Crippen LogP contribution in [0.3, 0.4) is 0 Å². The first-order valence-corrected chi connectivity index (χ1v) is 9.86. The van der Waals surface area contributed by atoms with E-state index in [2.05, 4.69) is 0 Å². The fourth-order valence-electron chi connectivity index (χ4n) is 4.76. The predicted octanol–water partition coefficient (Wildman–Crippen LogP) is 2.99. The van der Waals surface area contributed by atoms with Crippen LogP contribution >= 0.6 is 0 Å². The first kappa shape index (κ1) is 19.8. The fourth-order valence-corrected chi connectivity index (χ4v) is 4.76. The van der Waals surface area contributed by atoms with E-state index in [-0.39, 0.29) is 17.7 Å². The number of nitrogens with zero attached hydrogens (tertiary/aromatic N) is 2. The summed E-state index contributed by atoms with van der Waals surface area (Å²) in [7, 11) is 0. The molecule has 4 atom stereocenters. The van der Waals surface area contributed by atoms with Crippen LogP contribution in [0.25, 0.3) is 10.9 Å². The molecular weight excluding hydrogens is 380 g/mol. The second kappa shape index (κ2) is 6.52. The number of aromatic carboxylic acids is 1. The van der Waals surface area contributed by atoms with Crippen molar-refractivity contribution < 1.29 is 18.7 Å². The summed E-state index contributed by atoms with van der Waals surface area (Å²) in [5.74, 6) is -1.82. The Morgan fingerprint density at radius 3 is 2.62 bits per heavy atom. The molecule has 1 aromatic carbocycles. The fraction of sp³-hybridized carbons (Fsp3) is 0.524. The molecule has 8 heteroatoms. The van der Waals surface area contributed by atoms with Gasteiger partial charge in [0.25, 0.3) is 0 Å². The number of rotatable bonds is 4. The number of pyridine rings is 1. The van der Waals surface area contributed by atoms with Crippen molar-refractivity contribution in [3.63, 3.8) is 0 Å². The molecule has 4 rings (SSSR count). The second-order valence-electron chi connectivity index (χ2n) is 8.62. The summed E-state index contributed by atoms with van der Waals surface area (Å²) in [5, 5.41) is 9.34. The third kappa shape index (κ3) is 3.01. The molecule has 2 unspecified atom stereocenters. The molecule has 2 fully saturated rings. The van der Waals surface area contributed by atoms with E-state index >= 15 is 4.39 Å². The summed E-state index contributed by atoms with van der Waals surface area (Å²) in [6.07, 6.45) is 1.18. The maximum Gasteiger partial charge on any atom is 0.341 e. The van der Waals surface area contributed by atoms with Gasteiger partial charge >= 0.3 is 5.97 Å². The van der Waals surface area contributed by atoms with Crippen LogP contribution in [0.2, 0.25) is 0 Å². The number of aryl methyl sites for hydroxylation is 1. The van der Waals surface area contributed by atoms with Crippen LogP contribution in [-0.2, 0) is 0 Å². The standard InChI is InChI=1S/C21H25F2N3O3/c1-4-11-7-25(9-21(11,3)24)18-10(2)17-12(5-15(18)23)19(27)13(20(28)29)8-26(17)16-6-14(16)22/h5,8,11,14,16H,4,6-7,9,24H2,1-3H3,(H,28,29)/t11?,14-,16+,21?/m0/s1. The van der Waals surface area contributed by atoms with Crippen LogP contribution in [0.15, 0.2) is 17.1 Å². The predicted molar refractivity (Wildman–Crippen MR) is 107 cm³/mol. The van der Waals surface area contributed by atoms with Crippen molar-refractivity contribution in [2.75, 3.05) is 18.0 Å². The summed E-state index contributed by atoms with van der Waals surface area (Å²) in [5.41, 5.74) is 5.94. The van der Waals surface area contributed by atoms with E-state index in [0.29, 0.717) is 29.9 Å². The summed E-state index contributed by atoms with van der Waals surface area (Å²) in [6, 6.07) is 0.543. The van der Waals surface area contributed by atoms with Crippen molar-refractivity contribution in [1.29, 1.82) is 0 Å². The maximum absolute atomic E-state index is 15.2. The number of aromatic nitrogens is 1. The molecule has 0 radical (unpaired) electrons. The number of carbonyl (C=O) groups is 1. The lowest BCUT2D eigenvalue weighted by Gasteiger charge is -2.26. The molecule has 1 aromatic heterocycles. The highest BCUT2D eigenvalue weighted by Crippen LogP contribution is 2.43. The van der Waals surface area contributed by atoms with E-state index in [9.17, 15) is 19.1 Å². The number of hydrogen-bond acceptors (Lipinski definition) is 4. The van der Waals surface area contributed by atoms with E-state index in [1.807, 2.05) is 18.7 Å². The summed E-state index contributed by atoms with van der Waals surface area (Å²) >= 11 is 0. The van der Waals surface area contributed by atoms with Crippen molar-refractivity contribution in [3.05, 3.63) is 39.4 Å². The van der Waals surface area contributed by atoms with Crippen molar-refractivity contribution >= 4 is 22.6 Å². The van der Waals surface area contributed by atoms with Crippen molar-refractivity contribution in [3.8, 4) is 0 Å². The zero-order chi connectivity index (χ0) is 21.2. The number of carboxylic acid groups (broad SMARTS) is 1. The smallest absolute Gasteiger partial charge is 0.341 e. The number of benzene rings is 1. The third-order valence-corrected chi connectivity index (χ3v) is 6.46. The molecular formula is C21H25F2N3O3. The molecule has 2 aliphatic rings. The Morgan fingerprint density at radius 1 is 1.45 bits per heavy atom. The van der Waals surface area contributed by atoms with Gasteiger partial charge in [-0.2, -0.15) is 0 Å². The van der Waals surface area contributed by atoms with E-state index < -0.39 is 40.5 Å². The lowest BCUT2D eigenvalue weighted by molar-refractivity contribution is 0.0694. The molecule has 0 bridgehead atoms. The highest BCUT2D eigenvalue weighted by Gasteiger charge is 2.42. The van der Waals surface area contributed by atoms with Crippen molar-refractivity contribution in [2.45, 2.75) is 51.4 Å². The normalized spacial score (nSPS) is 28.9. The van der Waals surface area contributed by atoms with Gasteiger partial charge in [-0.25, -0.2) is 13.6 Å². The highest BCUT2D eigenvalue weighted by atomic mass is 19.1. The first-order chi connectivity index (χ1) is 13.6. The van der Waals surface area contributed by atoms with E-state index in [0.717, 1.165) is 12.5 Å². The van der Waals surface area contributed by atoms with Crippen LogP contribution in [0.4, 0.5) is 14.5 Å². The quantitative estimate of drug-likeness (QED) is 0.816. The number of fused-ring (bicyclic) bond motifs is 1. The van der Waals surface area contributed by atoms with Crippen LogP contribution in [-0.4, -0.2) is 40.4 Å². The van der Waals surface area contributed by atoms with E-state index in [4.69, 9.17) is 5.73 Å². The molecule has 0 amide bonds. The Labute approximate surface area is 166 Å². The van der Waals surface area contributed by atoms with Gasteiger partial charge in [-0.1, -0.05) is 6.92 Å². The molecule has 156 valence electrons. The minimum Gasteiger partial charge on any atom is -0.477 e. The van der Waals surface area contributed by atoms with Gasteiger partial charge in [0, 0.05) is 36.6 Å². The van der Waals surface area contributed by atoms with Gasteiger partial charge in [-0.15, -0.1) is 0 Å². The molecule has 2 heterocycles. The molecule has 29 heavy (non-hydrogen) atoms. The lowest BCUT2D eigenvalue weighted by Crippen LogP contribution is -2.44. The molecule has 2 aromatic rings. The van der Waals surface area contributed by atoms with Crippen LogP contribution in [0, 0.1) is 18.7 Å². The van der Waals surface area contributed by atoms with Crippen LogP contribution in [0.5, 0.6) is 0 Å². The molecule has 6 nitrogen and oxygen atoms in total. The molecule has 1 aliphatic heterocycles. The average molecular weight is 405 g/mol. The van der Waals surface area contributed by atoms with Gasteiger partial charge in [0.2, 0.25) is 5.43 Å². The second-order valence-corrected chi connectivity index (χ2v) is 8.62. The number of halogens is 2. The third-order valence-electron chi connectivity index (χ3n) is 6.46. The van der Waals surface area contributed by atoms with Crippen LogP contribution in [0.1, 0.15) is 48.7 Å². The minimum absolute atomic E-state index is 0.0375. The van der Waals surface area contributed by atoms with Gasteiger partial charge in [-0.05, 0) is 37.8 Å². The summed E-state index contributed by atoms with van der Waals surface area (Å²) in [4.78, 5) is 26.1. The lowest BCUT2D eigenvalue weighted by atomic mass is 9.88. The topological polar surface area (TPSA) is 88.6 Å². The van der Waals surface area contributed by atoms with Crippen molar-refractivity contribution in [1.82, 2.24) is 4.57 Å². The maximum atomic E-state index is 15.2. The molecule has 1 aliphatic carbocycles. The molecule has 1 saturated carbocycles. The van der Waals surface area contributed by atoms with Gasteiger partial charge in [0.15, 0.2) is 0 Å².